The van der Waals surface area contributed by atoms with E-state index in [1.807, 2.05) is 54.6 Å². The van der Waals surface area contributed by atoms with Crippen LogP contribution in [0.1, 0.15) is 20.7 Å². The van der Waals surface area contributed by atoms with Crippen LogP contribution in [0.4, 0.5) is 0 Å². The topological polar surface area (TPSA) is 34.1 Å². The van der Waals surface area contributed by atoms with Crippen molar-refractivity contribution >= 4 is 62.5 Å². The van der Waals surface area contributed by atoms with Gasteiger partial charge in [0.15, 0.2) is 8.07 Å². The molecule has 0 N–H and O–H groups in total. The van der Waals surface area contributed by atoms with Crippen LogP contribution in [-0.2, 0) is 0 Å². The van der Waals surface area contributed by atoms with Crippen LogP contribution in [-0.4, -0.2) is 18.6 Å². The molecular formula is C26H18Cl2O2Si. The van der Waals surface area contributed by atoms with Crippen LogP contribution in [0.3, 0.4) is 0 Å². The number of rotatable bonds is 6. The van der Waals surface area contributed by atoms with Gasteiger partial charge in [-0.25, -0.2) is 0 Å². The first-order chi connectivity index (χ1) is 15.0. The molecule has 0 aromatic heterocycles. The summed E-state index contributed by atoms with van der Waals surface area (Å²) < 4.78 is 0. The number of benzene rings is 4. The normalized spacial score (nSPS) is 11.2. The Hall–Kier alpha value is -2.98. The van der Waals surface area contributed by atoms with Gasteiger partial charge in [-0.3, -0.25) is 9.59 Å². The second kappa shape index (κ2) is 9.02. The summed E-state index contributed by atoms with van der Waals surface area (Å²) >= 11 is 11.7. The summed E-state index contributed by atoms with van der Waals surface area (Å²) in [6, 6.07) is 35.6. The van der Waals surface area contributed by atoms with E-state index in [1.165, 1.54) is 6.07 Å². The summed E-state index contributed by atoms with van der Waals surface area (Å²) in [7, 11) is -2.88. The zero-order valence-corrected chi connectivity index (χ0v) is 19.0. The molecule has 0 atom stereocenters. The molecule has 0 radical (unpaired) electrons. The Morgan fingerprint density at radius 1 is 0.484 bits per heavy atom. The van der Waals surface area contributed by atoms with Gasteiger partial charge in [-0.1, -0.05) is 91.0 Å². The fourth-order valence-electron chi connectivity index (χ4n) is 4.14. The Labute approximate surface area is 192 Å². The molecule has 5 heteroatoms. The Balaban J connectivity index is 2.19. The van der Waals surface area contributed by atoms with Gasteiger partial charge in [0, 0.05) is 11.1 Å². The lowest BCUT2D eigenvalue weighted by Gasteiger charge is -2.34. The van der Waals surface area contributed by atoms with E-state index in [0.29, 0.717) is 0 Å². The largest absolute Gasteiger partial charge is 0.276 e. The molecule has 4 aromatic carbocycles. The van der Waals surface area contributed by atoms with Gasteiger partial charge in [0.1, 0.15) is 0 Å². The maximum atomic E-state index is 12.1. The van der Waals surface area contributed by atoms with Gasteiger partial charge in [-0.15, -0.1) is 0 Å². The van der Waals surface area contributed by atoms with Crippen LogP contribution in [0.15, 0.2) is 109 Å². The molecule has 0 saturated heterocycles. The summed E-state index contributed by atoms with van der Waals surface area (Å²) in [5, 5.41) is 2.99. The van der Waals surface area contributed by atoms with Crippen molar-refractivity contribution in [3.63, 3.8) is 0 Å². The SMILES string of the molecule is O=C(Cl)c1cc(C(=O)Cl)cc([Si](c2ccccc2)(c2ccccc2)c2ccccc2)c1. The zero-order valence-electron chi connectivity index (χ0n) is 16.5. The van der Waals surface area contributed by atoms with Crippen molar-refractivity contribution in [2.24, 2.45) is 0 Å². The molecule has 152 valence electrons. The predicted octanol–water partition coefficient (Wildman–Crippen LogP) is 3.82. The molecule has 0 saturated carbocycles. The van der Waals surface area contributed by atoms with Crippen LogP contribution in [0.5, 0.6) is 0 Å². The Bertz CT molecular complexity index is 1100. The Morgan fingerprint density at radius 3 is 1.10 bits per heavy atom. The van der Waals surface area contributed by atoms with Crippen molar-refractivity contribution in [1.82, 2.24) is 0 Å². The van der Waals surface area contributed by atoms with Gasteiger partial charge in [0.25, 0.3) is 10.5 Å². The summed E-state index contributed by atoms with van der Waals surface area (Å²) in [5.74, 6) is 0. The molecule has 31 heavy (non-hydrogen) atoms. The van der Waals surface area contributed by atoms with Crippen LogP contribution in [0.2, 0.25) is 0 Å². The minimum Gasteiger partial charge on any atom is -0.276 e. The van der Waals surface area contributed by atoms with Crippen molar-refractivity contribution in [3.05, 3.63) is 120 Å². The van der Waals surface area contributed by atoms with Gasteiger partial charge in [-0.2, -0.15) is 0 Å². The summed E-state index contributed by atoms with van der Waals surface area (Å²) in [6.45, 7) is 0. The molecule has 0 fully saturated rings. The average Bonchev–Trinajstić information content (AvgIpc) is 2.81. The van der Waals surface area contributed by atoms with E-state index in [1.54, 1.807) is 12.1 Å². The molecular weight excluding hydrogens is 443 g/mol. The lowest BCUT2D eigenvalue weighted by molar-refractivity contribution is 0.108. The molecule has 0 amide bonds. The number of carbonyl (C=O) groups is 2. The number of hydrogen-bond acceptors (Lipinski definition) is 2. The third-order valence-corrected chi connectivity index (χ3v) is 10.6. The first-order valence-corrected chi connectivity index (χ1v) is 12.5. The van der Waals surface area contributed by atoms with Crippen molar-refractivity contribution in [2.45, 2.75) is 0 Å². The predicted molar refractivity (Wildman–Crippen MR) is 130 cm³/mol. The van der Waals surface area contributed by atoms with E-state index < -0.39 is 18.6 Å². The molecule has 0 aliphatic rings. The van der Waals surface area contributed by atoms with E-state index in [9.17, 15) is 9.59 Å². The highest BCUT2D eigenvalue weighted by atomic mass is 35.5. The Kier molecular flexibility index (Phi) is 6.19. The lowest BCUT2D eigenvalue weighted by Crippen LogP contribution is -2.74. The minimum atomic E-state index is -2.88. The van der Waals surface area contributed by atoms with E-state index in [2.05, 4.69) is 36.4 Å². The van der Waals surface area contributed by atoms with Crippen molar-refractivity contribution in [1.29, 1.82) is 0 Å². The van der Waals surface area contributed by atoms with Gasteiger partial charge in [0.05, 0.1) is 0 Å². The highest BCUT2D eigenvalue weighted by molar-refractivity contribution is 7.20. The third kappa shape index (κ3) is 4.00. The monoisotopic (exact) mass is 460 g/mol. The van der Waals surface area contributed by atoms with Gasteiger partial charge in [-0.05, 0) is 62.1 Å². The van der Waals surface area contributed by atoms with Crippen molar-refractivity contribution in [3.8, 4) is 0 Å². The van der Waals surface area contributed by atoms with Crippen LogP contribution in [0.25, 0.3) is 0 Å². The molecule has 0 spiro atoms. The second-order valence-electron chi connectivity index (χ2n) is 7.19. The van der Waals surface area contributed by atoms with Gasteiger partial charge >= 0.3 is 0 Å². The zero-order chi connectivity index (χ0) is 21.8. The van der Waals surface area contributed by atoms with Crippen LogP contribution < -0.4 is 20.7 Å². The van der Waals surface area contributed by atoms with E-state index in [4.69, 9.17) is 23.2 Å². The minimum absolute atomic E-state index is 0.253. The average molecular weight is 461 g/mol. The maximum Gasteiger partial charge on any atom is 0.252 e. The standard InChI is InChI=1S/C26H18Cl2O2Si/c27-25(29)19-16-20(26(28)30)18-24(17-19)31(21-10-4-1-5-11-21,22-12-6-2-7-13-22)23-14-8-3-9-15-23/h1-18H. The number of hydrogen-bond donors (Lipinski definition) is 0. The van der Waals surface area contributed by atoms with Crippen LogP contribution in [0, 0.1) is 0 Å². The molecule has 0 heterocycles. The third-order valence-electron chi connectivity index (χ3n) is 5.44. The van der Waals surface area contributed by atoms with E-state index in [0.717, 1.165) is 20.7 Å². The highest BCUT2D eigenvalue weighted by Gasteiger charge is 2.42. The fraction of sp³-hybridized carbons (Fsp3) is 0. The summed E-state index contributed by atoms with van der Waals surface area (Å²) in [4.78, 5) is 24.3. The van der Waals surface area contributed by atoms with Gasteiger partial charge < -0.3 is 0 Å². The van der Waals surface area contributed by atoms with E-state index in [-0.39, 0.29) is 11.1 Å². The first kappa shape index (κ1) is 21.3. The quantitative estimate of drug-likeness (QED) is 0.249. The number of halogens is 2. The number of carbonyl (C=O) groups excluding carboxylic acids is 2. The lowest BCUT2D eigenvalue weighted by atomic mass is 10.1. The Morgan fingerprint density at radius 2 is 0.806 bits per heavy atom. The summed E-state index contributed by atoms with van der Waals surface area (Å²) in [6.07, 6.45) is 0. The molecule has 0 aliphatic carbocycles. The maximum absolute atomic E-state index is 12.1. The fourth-order valence-corrected chi connectivity index (χ4v) is 9.18. The molecule has 4 rings (SSSR count). The van der Waals surface area contributed by atoms with Crippen LogP contribution >= 0.6 is 23.2 Å². The molecule has 0 aliphatic heterocycles. The highest BCUT2D eigenvalue weighted by Crippen LogP contribution is 2.15. The molecule has 0 bridgehead atoms. The second-order valence-corrected chi connectivity index (χ2v) is 11.7. The van der Waals surface area contributed by atoms with Gasteiger partial charge in [0.2, 0.25) is 0 Å². The summed E-state index contributed by atoms with van der Waals surface area (Å²) in [5.41, 5.74) is 0.505. The van der Waals surface area contributed by atoms with Crippen molar-refractivity contribution < 1.29 is 9.59 Å². The molecule has 4 aromatic rings. The van der Waals surface area contributed by atoms with E-state index >= 15 is 0 Å². The molecule has 2 nitrogen and oxygen atoms in total. The smallest absolute Gasteiger partial charge is 0.252 e. The van der Waals surface area contributed by atoms with Crippen molar-refractivity contribution in [2.75, 3.05) is 0 Å². The first-order valence-electron chi connectivity index (χ1n) is 9.75. The molecule has 0 unspecified atom stereocenters.